The van der Waals surface area contributed by atoms with Gasteiger partial charge < -0.3 is 4.57 Å². The average molecular weight is 472 g/mol. The highest BCUT2D eigenvalue weighted by Gasteiger charge is 2.34. The molecule has 0 spiro atoms. The Kier molecular flexibility index (Phi) is 6.28. The third-order valence-corrected chi connectivity index (χ3v) is 6.44. The summed E-state index contributed by atoms with van der Waals surface area (Å²) in [4.78, 5) is 27.6. The summed E-state index contributed by atoms with van der Waals surface area (Å²) in [7, 11) is 0. The highest BCUT2D eigenvalue weighted by Crippen LogP contribution is 2.27. The van der Waals surface area contributed by atoms with Crippen molar-refractivity contribution in [3.63, 3.8) is 0 Å². The molecule has 1 N–H and O–H groups in total. The second kappa shape index (κ2) is 9.03. The summed E-state index contributed by atoms with van der Waals surface area (Å²) in [5.74, 6) is -0.538. The number of carbonyl (C=O) groups excluding carboxylic acids is 2. The van der Waals surface area contributed by atoms with Gasteiger partial charge in [-0.1, -0.05) is 32.0 Å². The number of aryl methyl sites for hydroxylation is 3. The molecule has 5 nitrogen and oxygen atoms in total. The molecule has 2 amide bonds. The van der Waals surface area contributed by atoms with E-state index >= 15 is 0 Å². The van der Waals surface area contributed by atoms with Crippen molar-refractivity contribution < 1.29 is 9.59 Å². The topological polar surface area (TPSA) is 54.3 Å². The first-order chi connectivity index (χ1) is 16.1. The minimum atomic E-state index is -0.485. The van der Waals surface area contributed by atoms with Gasteiger partial charge in [0, 0.05) is 17.1 Å². The molecule has 34 heavy (non-hydrogen) atoms. The molecule has 174 valence electrons. The molecule has 4 rings (SSSR count). The summed E-state index contributed by atoms with van der Waals surface area (Å²) < 4.78 is 2.14. The van der Waals surface area contributed by atoms with Crippen LogP contribution in [0, 0.1) is 27.7 Å². The van der Waals surface area contributed by atoms with Crippen LogP contribution in [0.2, 0.25) is 0 Å². The zero-order chi connectivity index (χ0) is 24.7. The smallest absolute Gasteiger partial charge is 0.270 e. The van der Waals surface area contributed by atoms with Crippen molar-refractivity contribution in [1.82, 2.24) is 9.88 Å². The molecule has 2 heterocycles. The monoisotopic (exact) mass is 471 g/mol. The van der Waals surface area contributed by atoms with Crippen LogP contribution in [0.4, 0.5) is 5.69 Å². The standard InChI is InChI=1S/C28H29N3O2S/c1-16(2)21-7-9-23(10-8-21)31-27(33)25(26(32)29-28(31)34)15-22-14-19(5)30(20(22)6)24-12-17(3)11-18(4)13-24/h7-16H,1-6H3,(H,29,32,34)/b25-15+. The molecule has 1 aromatic heterocycles. The number of nitrogens with zero attached hydrogens (tertiary/aromatic N) is 2. The van der Waals surface area contributed by atoms with Crippen LogP contribution in [0.5, 0.6) is 0 Å². The molecule has 2 aromatic carbocycles. The summed E-state index contributed by atoms with van der Waals surface area (Å²) >= 11 is 5.35. The number of aromatic nitrogens is 1. The van der Waals surface area contributed by atoms with E-state index in [1.165, 1.54) is 16.0 Å². The Labute approximate surface area is 206 Å². The Morgan fingerprint density at radius 2 is 1.50 bits per heavy atom. The van der Waals surface area contributed by atoms with Crippen molar-refractivity contribution >= 4 is 40.9 Å². The lowest BCUT2D eigenvalue weighted by molar-refractivity contribution is -0.122. The van der Waals surface area contributed by atoms with Gasteiger partial charge in [-0.25, -0.2) is 0 Å². The zero-order valence-electron chi connectivity index (χ0n) is 20.4. The van der Waals surface area contributed by atoms with Crippen molar-refractivity contribution in [2.75, 3.05) is 4.90 Å². The second-order valence-electron chi connectivity index (χ2n) is 9.21. The number of rotatable bonds is 4. The summed E-state index contributed by atoms with van der Waals surface area (Å²) in [5, 5.41) is 2.76. The lowest BCUT2D eigenvalue weighted by Gasteiger charge is -2.29. The Hall–Kier alpha value is -3.51. The third-order valence-electron chi connectivity index (χ3n) is 6.15. The van der Waals surface area contributed by atoms with Gasteiger partial charge in [0.1, 0.15) is 5.57 Å². The Morgan fingerprint density at radius 1 is 0.882 bits per heavy atom. The lowest BCUT2D eigenvalue weighted by atomic mass is 10.0. The minimum Gasteiger partial charge on any atom is -0.318 e. The molecule has 3 aromatic rings. The summed E-state index contributed by atoms with van der Waals surface area (Å²) in [6.07, 6.45) is 1.66. The van der Waals surface area contributed by atoms with Gasteiger partial charge in [0.05, 0.1) is 5.69 Å². The molecular weight excluding hydrogens is 442 g/mol. The number of amides is 2. The number of benzene rings is 2. The normalized spacial score (nSPS) is 15.4. The fraction of sp³-hybridized carbons (Fsp3) is 0.250. The highest BCUT2D eigenvalue weighted by molar-refractivity contribution is 7.80. The quantitative estimate of drug-likeness (QED) is 0.303. The maximum absolute atomic E-state index is 13.4. The van der Waals surface area contributed by atoms with E-state index in [9.17, 15) is 9.59 Å². The van der Waals surface area contributed by atoms with E-state index in [-0.39, 0.29) is 10.7 Å². The summed E-state index contributed by atoms with van der Waals surface area (Å²) in [6.45, 7) is 12.4. The van der Waals surface area contributed by atoms with Crippen LogP contribution in [0.25, 0.3) is 11.8 Å². The maximum Gasteiger partial charge on any atom is 0.270 e. The molecule has 1 saturated heterocycles. The average Bonchev–Trinajstić information content (AvgIpc) is 3.03. The number of hydrogen-bond acceptors (Lipinski definition) is 3. The van der Waals surface area contributed by atoms with E-state index in [1.807, 2.05) is 44.2 Å². The Morgan fingerprint density at radius 3 is 2.09 bits per heavy atom. The number of nitrogens with one attached hydrogen (secondary N) is 1. The van der Waals surface area contributed by atoms with Crippen LogP contribution in [0.3, 0.4) is 0 Å². The van der Waals surface area contributed by atoms with Crippen LogP contribution in [-0.4, -0.2) is 21.5 Å². The van der Waals surface area contributed by atoms with Gasteiger partial charge >= 0.3 is 0 Å². The van der Waals surface area contributed by atoms with E-state index < -0.39 is 11.8 Å². The van der Waals surface area contributed by atoms with Crippen molar-refractivity contribution in [2.45, 2.75) is 47.5 Å². The molecular formula is C28H29N3O2S. The first-order valence-corrected chi connectivity index (χ1v) is 11.8. The van der Waals surface area contributed by atoms with Gasteiger partial charge in [0.25, 0.3) is 11.8 Å². The number of carbonyl (C=O) groups is 2. The summed E-state index contributed by atoms with van der Waals surface area (Å²) in [5.41, 5.74) is 8.06. The molecule has 0 radical (unpaired) electrons. The largest absolute Gasteiger partial charge is 0.318 e. The second-order valence-corrected chi connectivity index (χ2v) is 9.60. The van der Waals surface area contributed by atoms with Crippen LogP contribution in [-0.2, 0) is 9.59 Å². The number of thiocarbonyl (C=S) groups is 1. The van der Waals surface area contributed by atoms with Crippen molar-refractivity contribution in [3.05, 3.63) is 87.7 Å². The van der Waals surface area contributed by atoms with Gasteiger partial charge in [-0.3, -0.25) is 19.8 Å². The Balaban J connectivity index is 1.74. The molecule has 0 aliphatic carbocycles. The predicted molar refractivity (Wildman–Crippen MR) is 141 cm³/mol. The molecule has 1 fully saturated rings. The van der Waals surface area contributed by atoms with Gasteiger partial charge in [-0.15, -0.1) is 0 Å². The van der Waals surface area contributed by atoms with Crippen LogP contribution >= 0.6 is 12.2 Å². The first-order valence-electron chi connectivity index (χ1n) is 11.4. The molecule has 1 aliphatic heterocycles. The van der Waals surface area contributed by atoms with Crippen molar-refractivity contribution in [1.29, 1.82) is 0 Å². The molecule has 0 atom stereocenters. The van der Waals surface area contributed by atoms with Crippen LogP contribution in [0.1, 0.15) is 53.4 Å². The van der Waals surface area contributed by atoms with Gasteiger partial charge in [0.2, 0.25) is 0 Å². The predicted octanol–water partition coefficient (Wildman–Crippen LogP) is 5.67. The molecule has 0 unspecified atom stereocenters. The summed E-state index contributed by atoms with van der Waals surface area (Å²) in [6, 6.07) is 16.1. The maximum atomic E-state index is 13.4. The van der Waals surface area contributed by atoms with Crippen LogP contribution < -0.4 is 10.2 Å². The highest BCUT2D eigenvalue weighted by atomic mass is 32.1. The fourth-order valence-corrected chi connectivity index (χ4v) is 4.75. The third kappa shape index (κ3) is 4.33. The van der Waals surface area contributed by atoms with Crippen molar-refractivity contribution in [3.8, 4) is 5.69 Å². The molecule has 0 saturated carbocycles. The van der Waals surface area contributed by atoms with Crippen molar-refractivity contribution in [2.24, 2.45) is 0 Å². The molecule has 1 aliphatic rings. The van der Waals surface area contributed by atoms with E-state index in [2.05, 4.69) is 55.8 Å². The molecule has 6 heteroatoms. The van der Waals surface area contributed by atoms with E-state index in [1.54, 1.807) is 6.08 Å². The minimum absolute atomic E-state index is 0.0576. The van der Waals surface area contributed by atoms with E-state index in [0.717, 1.165) is 28.2 Å². The van der Waals surface area contributed by atoms with Gasteiger partial charge in [-0.2, -0.15) is 0 Å². The van der Waals surface area contributed by atoms with E-state index in [0.29, 0.717) is 11.6 Å². The van der Waals surface area contributed by atoms with Gasteiger partial charge in [0.15, 0.2) is 5.11 Å². The van der Waals surface area contributed by atoms with E-state index in [4.69, 9.17) is 12.2 Å². The molecule has 0 bridgehead atoms. The SMILES string of the molecule is Cc1cc(C)cc(-n2c(C)cc(/C=C3\C(=O)NC(=S)N(c4ccc(C(C)C)cc4)C3=O)c2C)c1. The zero-order valence-corrected chi connectivity index (χ0v) is 21.2. The number of anilines is 1. The number of hydrogen-bond donors (Lipinski definition) is 1. The first kappa shape index (κ1) is 23.6. The van der Waals surface area contributed by atoms with Gasteiger partial charge in [-0.05, 0) is 104 Å². The Bertz CT molecular complexity index is 1330. The fourth-order valence-electron chi connectivity index (χ4n) is 4.47. The lowest BCUT2D eigenvalue weighted by Crippen LogP contribution is -2.54. The van der Waals surface area contributed by atoms with Crippen LogP contribution in [0.15, 0.2) is 54.1 Å².